The lowest BCUT2D eigenvalue weighted by molar-refractivity contribution is -0.196. The summed E-state index contributed by atoms with van der Waals surface area (Å²) in [5, 5.41) is 0. The summed E-state index contributed by atoms with van der Waals surface area (Å²) in [7, 11) is 0. The molecule has 0 radical (unpaired) electrons. The number of rotatable bonds is 2. The second kappa shape index (κ2) is 4.21. The lowest BCUT2D eigenvalue weighted by Gasteiger charge is -2.09. The van der Waals surface area contributed by atoms with Crippen LogP contribution in [0.15, 0.2) is 30.3 Å². The summed E-state index contributed by atoms with van der Waals surface area (Å²) in [6.45, 7) is 0.0853. The summed E-state index contributed by atoms with van der Waals surface area (Å²) in [5.41, 5.74) is 0.492. The van der Waals surface area contributed by atoms with Crippen LogP contribution < -0.4 is 0 Å². The van der Waals surface area contributed by atoms with Gasteiger partial charge in [0.2, 0.25) is 0 Å². The third-order valence-corrected chi connectivity index (χ3v) is 1.80. The molecule has 0 aromatic heterocycles. The van der Waals surface area contributed by atoms with Crippen LogP contribution in [0.2, 0.25) is 0 Å². The number of esters is 1. The van der Waals surface area contributed by atoms with E-state index in [1.165, 1.54) is 0 Å². The van der Waals surface area contributed by atoms with Gasteiger partial charge >= 0.3 is 12.4 Å². The molecule has 14 heavy (non-hydrogen) atoms. The van der Waals surface area contributed by atoms with Crippen LogP contribution in [0.5, 0.6) is 0 Å². The van der Waals surface area contributed by atoms with Gasteiger partial charge < -0.3 is 14.2 Å². The molecule has 0 aliphatic carbocycles. The van der Waals surface area contributed by atoms with E-state index in [1.54, 1.807) is 24.3 Å². The molecule has 4 heteroatoms. The van der Waals surface area contributed by atoms with Gasteiger partial charge in [-0.05, 0) is 12.1 Å². The largest absolute Gasteiger partial charge is 0.407 e. The zero-order chi connectivity index (χ0) is 9.80. The van der Waals surface area contributed by atoms with Gasteiger partial charge in [-0.2, -0.15) is 0 Å². The Bertz CT molecular complexity index is 303. The Morgan fingerprint density at radius 3 is 2.50 bits per heavy atom. The van der Waals surface area contributed by atoms with Gasteiger partial charge in [-0.1, -0.05) is 18.2 Å². The average molecular weight is 194 g/mol. The number of hydrogen-bond acceptors (Lipinski definition) is 4. The second-order valence-electron chi connectivity index (χ2n) is 2.80. The Hall–Kier alpha value is -1.39. The zero-order valence-corrected chi connectivity index (χ0v) is 7.51. The average Bonchev–Trinajstić information content (AvgIpc) is 2.72. The maximum absolute atomic E-state index is 11.4. The highest BCUT2D eigenvalue weighted by atomic mass is 16.9. The van der Waals surface area contributed by atoms with Crippen LogP contribution in [-0.4, -0.2) is 25.7 Å². The summed E-state index contributed by atoms with van der Waals surface area (Å²) < 4.78 is 14.9. The fourth-order valence-corrected chi connectivity index (χ4v) is 1.13. The van der Waals surface area contributed by atoms with Crippen LogP contribution in [0.4, 0.5) is 0 Å². The second-order valence-corrected chi connectivity index (χ2v) is 2.80. The summed E-state index contributed by atoms with van der Waals surface area (Å²) in [6, 6.07) is 8.73. The summed E-state index contributed by atoms with van der Waals surface area (Å²) in [6.07, 6.45) is 0. The normalized spacial score (nSPS) is 16.9. The number of ether oxygens (including phenoxy) is 3. The SMILES string of the molecule is O=C(OC1OCCO1)c1ccccc1. The first-order valence-corrected chi connectivity index (χ1v) is 4.35. The van der Waals surface area contributed by atoms with E-state index in [4.69, 9.17) is 14.2 Å². The molecule has 1 fully saturated rings. The van der Waals surface area contributed by atoms with E-state index in [2.05, 4.69) is 0 Å². The molecule has 1 aliphatic heterocycles. The standard InChI is InChI=1S/C10H10O4/c11-9(8-4-2-1-3-5-8)14-10-12-6-7-13-10/h1-5,10H,6-7H2. The van der Waals surface area contributed by atoms with Gasteiger partial charge in [-0.25, -0.2) is 4.79 Å². The van der Waals surface area contributed by atoms with Crippen LogP contribution in [0, 0.1) is 0 Å². The Kier molecular flexibility index (Phi) is 2.76. The molecule has 0 saturated carbocycles. The molecule has 1 aliphatic rings. The van der Waals surface area contributed by atoms with Gasteiger partial charge in [-0.3, -0.25) is 0 Å². The van der Waals surface area contributed by atoms with Gasteiger partial charge in [0.1, 0.15) is 0 Å². The molecule has 1 heterocycles. The Morgan fingerprint density at radius 2 is 1.86 bits per heavy atom. The van der Waals surface area contributed by atoms with Crippen molar-refractivity contribution in [1.82, 2.24) is 0 Å². The van der Waals surface area contributed by atoms with Crippen molar-refractivity contribution >= 4 is 5.97 Å². The highest BCUT2D eigenvalue weighted by Gasteiger charge is 2.20. The maximum Gasteiger partial charge on any atom is 0.342 e. The van der Waals surface area contributed by atoms with E-state index in [0.29, 0.717) is 18.8 Å². The number of benzene rings is 1. The molecule has 1 aromatic rings. The molecule has 0 N–H and O–H groups in total. The molecular formula is C10H10O4. The van der Waals surface area contributed by atoms with E-state index < -0.39 is 12.4 Å². The molecule has 74 valence electrons. The molecule has 0 unspecified atom stereocenters. The van der Waals surface area contributed by atoms with Gasteiger partial charge in [0.15, 0.2) is 0 Å². The minimum Gasteiger partial charge on any atom is -0.407 e. The molecule has 2 rings (SSSR count). The first-order chi connectivity index (χ1) is 6.86. The summed E-state index contributed by atoms with van der Waals surface area (Å²) in [4.78, 5) is 11.4. The highest BCUT2D eigenvalue weighted by molar-refractivity contribution is 5.89. The molecule has 0 spiro atoms. The zero-order valence-electron chi connectivity index (χ0n) is 7.51. The first kappa shape index (κ1) is 9.18. The Labute approximate surface area is 81.4 Å². The minimum atomic E-state index is -0.845. The number of carbonyl (C=O) groups is 1. The van der Waals surface area contributed by atoms with Crippen molar-refractivity contribution in [3.8, 4) is 0 Å². The predicted octanol–water partition coefficient (Wildman–Crippen LogP) is 1.17. The van der Waals surface area contributed by atoms with Crippen molar-refractivity contribution in [2.75, 3.05) is 13.2 Å². The topological polar surface area (TPSA) is 44.8 Å². The molecule has 0 amide bonds. The minimum absolute atomic E-state index is 0.433. The van der Waals surface area contributed by atoms with Gasteiger partial charge in [-0.15, -0.1) is 0 Å². The van der Waals surface area contributed by atoms with Crippen molar-refractivity contribution in [2.45, 2.75) is 6.48 Å². The number of carbonyl (C=O) groups excluding carboxylic acids is 1. The van der Waals surface area contributed by atoms with E-state index in [9.17, 15) is 4.79 Å². The van der Waals surface area contributed by atoms with Crippen molar-refractivity contribution in [1.29, 1.82) is 0 Å². The van der Waals surface area contributed by atoms with E-state index in [1.807, 2.05) is 6.07 Å². The van der Waals surface area contributed by atoms with Gasteiger partial charge in [0.05, 0.1) is 18.8 Å². The summed E-state index contributed by atoms with van der Waals surface area (Å²) in [5.74, 6) is -0.433. The van der Waals surface area contributed by atoms with Crippen molar-refractivity contribution < 1.29 is 19.0 Å². The Balaban J connectivity index is 1.95. The van der Waals surface area contributed by atoms with Gasteiger partial charge in [0, 0.05) is 0 Å². The Morgan fingerprint density at radius 1 is 1.21 bits per heavy atom. The third kappa shape index (κ3) is 2.10. The van der Waals surface area contributed by atoms with E-state index in [-0.39, 0.29) is 0 Å². The van der Waals surface area contributed by atoms with E-state index in [0.717, 1.165) is 0 Å². The predicted molar refractivity (Wildman–Crippen MR) is 47.5 cm³/mol. The molecule has 4 nitrogen and oxygen atoms in total. The molecular weight excluding hydrogens is 184 g/mol. The number of hydrogen-bond donors (Lipinski definition) is 0. The maximum atomic E-state index is 11.4. The van der Waals surface area contributed by atoms with Crippen LogP contribution in [0.1, 0.15) is 10.4 Å². The lowest BCUT2D eigenvalue weighted by Crippen LogP contribution is -2.18. The van der Waals surface area contributed by atoms with Crippen LogP contribution >= 0.6 is 0 Å². The van der Waals surface area contributed by atoms with Crippen LogP contribution in [0.3, 0.4) is 0 Å². The fraction of sp³-hybridized carbons (Fsp3) is 0.300. The quantitative estimate of drug-likeness (QED) is 0.663. The van der Waals surface area contributed by atoms with Crippen LogP contribution in [0.25, 0.3) is 0 Å². The molecule has 0 bridgehead atoms. The molecule has 1 aromatic carbocycles. The highest BCUT2D eigenvalue weighted by Crippen LogP contribution is 2.09. The van der Waals surface area contributed by atoms with Crippen LogP contribution in [-0.2, 0) is 14.2 Å². The van der Waals surface area contributed by atoms with Crippen molar-refractivity contribution in [3.63, 3.8) is 0 Å². The van der Waals surface area contributed by atoms with Gasteiger partial charge in [0.25, 0.3) is 0 Å². The molecule has 0 atom stereocenters. The fourth-order valence-electron chi connectivity index (χ4n) is 1.13. The third-order valence-electron chi connectivity index (χ3n) is 1.80. The smallest absolute Gasteiger partial charge is 0.342 e. The van der Waals surface area contributed by atoms with E-state index >= 15 is 0 Å². The first-order valence-electron chi connectivity index (χ1n) is 4.35. The molecule has 1 saturated heterocycles. The lowest BCUT2D eigenvalue weighted by atomic mass is 10.2. The van der Waals surface area contributed by atoms with Crippen molar-refractivity contribution in [3.05, 3.63) is 35.9 Å². The summed E-state index contributed by atoms with van der Waals surface area (Å²) >= 11 is 0. The monoisotopic (exact) mass is 194 g/mol. The van der Waals surface area contributed by atoms with Crippen molar-refractivity contribution in [2.24, 2.45) is 0 Å².